The Morgan fingerprint density at radius 3 is 2.54 bits per heavy atom. The molecule has 0 saturated carbocycles. The predicted octanol–water partition coefficient (Wildman–Crippen LogP) is 4.17. The van der Waals surface area contributed by atoms with Crippen molar-refractivity contribution in [3.05, 3.63) is 87.4 Å². The van der Waals surface area contributed by atoms with Crippen LogP contribution in [-0.2, 0) is 0 Å². The zero-order valence-corrected chi connectivity index (χ0v) is 18.7. The molecule has 35 heavy (non-hydrogen) atoms. The molecule has 0 bridgehead atoms. The number of Topliss-reactive ketones (excluding diaryl/α,β-unsaturated/α-hetero) is 1. The molecule has 0 spiro atoms. The van der Waals surface area contributed by atoms with Crippen molar-refractivity contribution in [1.29, 1.82) is 0 Å². The lowest BCUT2D eigenvalue weighted by Crippen LogP contribution is -2.14. The van der Waals surface area contributed by atoms with Gasteiger partial charge < -0.3 is 5.32 Å². The van der Waals surface area contributed by atoms with Crippen LogP contribution >= 0.6 is 11.3 Å². The van der Waals surface area contributed by atoms with E-state index in [1.807, 2.05) is 0 Å². The highest BCUT2D eigenvalue weighted by molar-refractivity contribution is 7.17. The van der Waals surface area contributed by atoms with E-state index in [0.717, 1.165) is 11.3 Å². The van der Waals surface area contributed by atoms with Crippen LogP contribution in [0.4, 0.5) is 15.2 Å². The van der Waals surface area contributed by atoms with Crippen molar-refractivity contribution in [1.82, 2.24) is 24.3 Å². The van der Waals surface area contributed by atoms with Gasteiger partial charge in [0.1, 0.15) is 11.6 Å². The van der Waals surface area contributed by atoms with Gasteiger partial charge in [0, 0.05) is 24.0 Å². The van der Waals surface area contributed by atoms with Gasteiger partial charge in [-0.2, -0.15) is 15.1 Å². The van der Waals surface area contributed by atoms with E-state index in [-0.39, 0.29) is 27.4 Å². The number of nitrogens with one attached hydrogen (secondary N) is 1. The van der Waals surface area contributed by atoms with Crippen molar-refractivity contribution in [3.63, 3.8) is 0 Å². The summed E-state index contributed by atoms with van der Waals surface area (Å²) in [5, 5.41) is 18.2. The van der Waals surface area contributed by atoms with Crippen LogP contribution in [0.3, 0.4) is 0 Å². The zero-order valence-electron chi connectivity index (χ0n) is 17.9. The minimum absolute atomic E-state index is 0.109. The Labute approximate surface area is 199 Å². The number of aromatic nitrogens is 5. The third kappa shape index (κ3) is 4.15. The minimum atomic E-state index is -0.597. The number of ketones is 1. The van der Waals surface area contributed by atoms with Gasteiger partial charge in [-0.3, -0.25) is 24.3 Å². The van der Waals surface area contributed by atoms with Gasteiger partial charge in [0.25, 0.3) is 5.91 Å². The summed E-state index contributed by atoms with van der Waals surface area (Å²) in [6.45, 7) is 1.43. The monoisotopic (exact) mass is 491 g/mol. The fourth-order valence-electron chi connectivity index (χ4n) is 3.32. The Bertz CT molecular complexity index is 1620. The van der Waals surface area contributed by atoms with E-state index < -0.39 is 16.6 Å². The molecule has 1 amide bonds. The number of fused-ring (bicyclic) bond motifs is 1. The van der Waals surface area contributed by atoms with Crippen LogP contribution in [0.1, 0.15) is 27.0 Å². The lowest BCUT2D eigenvalue weighted by Gasteiger charge is -2.09. The molecular weight excluding hydrogens is 477 g/mol. The summed E-state index contributed by atoms with van der Waals surface area (Å²) in [7, 11) is 0. The van der Waals surface area contributed by atoms with Crippen molar-refractivity contribution in [3.8, 4) is 11.6 Å². The number of anilines is 1. The van der Waals surface area contributed by atoms with Crippen molar-refractivity contribution < 1.29 is 18.9 Å². The Balaban J connectivity index is 1.63. The standard InChI is InChI=1S/C22H14FN7O4S/c1-12(31)13-8-9-28(11-13)22-26-19(25-21(32)17-6-7-18(35-17)30(33)34)16-10-24-29(20(16)27-22)15-4-2-14(23)3-5-15/h2-11H,1H3,(H,25,26,27,32). The number of amides is 1. The summed E-state index contributed by atoms with van der Waals surface area (Å²) in [6, 6.07) is 9.81. The molecule has 0 saturated heterocycles. The van der Waals surface area contributed by atoms with Crippen LogP contribution in [-0.4, -0.2) is 40.9 Å². The maximum Gasteiger partial charge on any atom is 0.324 e. The minimum Gasteiger partial charge on any atom is -0.305 e. The Kier molecular flexibility index (Phi) is 5.37. The van der Waals surface area contributed by atoms with Crippen LogP contribution in [0.15, 0.2) is 61.1 Å². The number of thiophene rings is 1. The zero-order chi connectivity index (χ0) is 24.7. The second kappa shape index (κ2) is 8.53. The van der Waals surface area contributed by atoms with Gasteiger partial charge >= 0.3 is 5.00 Å². The molecule has 4 aromatic heterocycles. The summed E-state index contributed by atoms with van der Waals surface area (Å²) in [4.78, 5) is 44.1. The first-order valence-corrected chi connectivity index (χ1v) is 10.9. The number of carbonyl (C=O) groups excluding carboxylic acids is 2. The normalized spacial score (nSPS) is 11.0. The summed E-state index contributed by atoms with van der Waals surface area (Å²) < 4.78 is 16.4. The first-order valence-electron chi connectivity index (χ1n) is 10.1. The molecule has 0 atom stereocenters. The molecule has 0 aliphatic carbocycles. The molecule has 1 aromatic carbocycles. The molecular formula is C22H14FN7O4S. The SMILES string of the molecule is CC(=O)c1ccn(-c2nc(NC(=O)c3ccc([N+](=O)[O-])s3)c3cnn(-c4ccc(F)cc4)c3n2)c1. The smallest absolute Gasteiger partial charge is 0.305 e. The molecule has 11 nitrogen and oxygen atoms in total. The van der Waals surface area contributed by atoms with Gasteiger partial charge in [-0.1, -0.05) is 11.3 Å². The third-order valence-electron chi connectivity index (χ3n) is 5.05. The van der Waals surface area contributed by atoms with E-state index in [1.165, 1.54) is 58.8 Å². The van der Waals surface area contributed by atoms with E-state index >= 15 is 0 Å². The number of hydrogen-bond acceptors (Lipinski definition) is 8. The second-order valence-corrected chi connectivity index (χ2v) is 8.42. The molecule has 0 unspecified atom stereocenters. The van der Waals surface area contributed by atoms with Crippen LogP contribution < -0.4 is 5.32 Å². The second-order valence-electron chi connectivity index (χ2n) is 7.36. The van der Waals surface area contributed by atoms with E-state index in [9.17, 15) is 24.1 Å². The Morgan fingerprint density at radius 2 is 1.89 bits per heavy atom. The van der Waals surface area contributed by atoms with Crippen molar-refractivity contribution in [2.45, 2.75) is 6.92 Å². The molecule has 0 fully saturated rings. The highest BCUT2D eigenvalue weighted by Gasteiger charge is 2.20. The van der Waals surface area contributed by atoms with Crippen molar-refractivity contribution >= 4 is 44.9 Å². The summed E-state index contributed by atoms with van der Waals surface area (Å²) in [5.74, 6) is -0.907. The summed E-state index contributed by atoms with van der Waals surface area (Å²) in [5.41, 5.74) is 1.28. The lowest BCUT2D eigenvalue weighted by atomic mass is 10.2. The quantitative estimate of drug-likeness (QED) is 0.214. The Hall–Kier alpha value is -4.78. The fraction of sp³-hybridized carbons (Fsp3) is 0.0455. The first kappa shape index (κ1) is 22.0. The molecule has 0 radical (unpaired) electrons. The van der Waals surface area contributed by atoms with E-state index in [1.54, 1.807) is 18.5 Å². The molecule has 0 aliphatic rings. The molecule has 13 heteroatoms. The highest BCUT2D eigenvalue weighted by atomic mass is 32.1. The van der Waals surface area contributed by atoms with Gasteiger partial charge in [-0.15, -0.1) is 0 Å². The fourth-order valence-corrected chi connectivity index (χ4v) is 4.04. The maximum absolute atomic E-state index is 13.4. The lowest BCUT2D eigenvalue weighted by molar-refractivity contribution is -0.380. The van der Waals surface area contributed by atoms with E-state index in [2.05, 4.69) is 20.4 Å². The number of nitro groups is 1. The number of nitrogens with zero attached hydrogens (tertiary/aromatic N) is 6. The van der Waals surface area contributed by atoms with Gasteiger partial charge in [0.05, 0.1) is 27.1 Å². The number of carbonyl (C=O) groups is 2. The predicted molar refractivity (Wildman–Crippen MR) is 125 cm³/mol. The number of benzene rings is 1. The van der Waals surface area contributed by atoms with Gasteiger partial charge in [-0.25, -0.2) is 9.07 Å². The number of rotatable bonds is 6. The highest BCUT2D eigenvalue weighted by Crippen LogP contribution is 2.28. The maximum atomic E-state index is 13.4. The van der Waals surface area contributed by atoms with Crippen LogP contribution in [0.5, 0.6) is 0 Å². The largest absolute Gasteiger partial charge is 0.324 e. The molecule has 5 aromatic rings. The Morgan fingerprint density at radius 1 is 1.11 bits per heavy atom. The van der Waals surface area contributed by atoms with Crippen LogP contribution in [0.25, 0.3) is 22.7 Å². The van der Waals surface area contributed by atoms with Crippen molar-refractivity contribution in [2.24, 2.45) is 0 Å². The molecule has 174 valence electrons. The molecule has 4 heterocycles. The number of hydrogen-bond donors (Lipinski definition) is 1. The molecule has 5 rings (SSSR count). The van der Waals surface area contributed by atoms with Gasteiger partial charge in [0.15, 0.2) is 11.4 Å². The third-order valence-corrected chi connectivity index (χ3v) is 6.08. The topological polar surface area (TPSA) is 138 Å². The first-order chi connectivity index (χ1) is 16.8. The van der Waals surface area contributed by atoms with Crippen LogP contribution in [0, 0.1) is 15.9 Å². The van der Waals surface area contributed by atoms with E-state index in [0.29, 0.717) is 22.3 Å². The van der Waals surface area contributed by atoms with Gasteiger partial charge in [-0.05, 0) is 43.3 Å². The van der Waals surface area contributed by atoms with Gasteiger partial charge in [0.2, 0.25) is 5.95 Å². The van der Waals surface area contributed by atoms with Crippen LogP contribution in [0.2, 0.25) is 0 Å². The summed E-state index contributed by atoms with van der Waals surface area (Å²) in [6.07, 6.45) is 4.60. The van der Waals surface area contributed by atoms with E-state index in [4.69, 9.17) is 0 Å². The average molecular weight is 491 g/mol. The summed E-state index contributed by atoms with van der Waals surface area (Å²) >= 11 is 0.731. The molecule has 1 N–H and O–H groups in total. The number of halogens is 1. The average Bonchev–Trinajstić information content (AvgIpc) is 3.58. The van der Waals surface area contributed by atoms with Crippen molar-refractivity contribution in [2.75, 3.05) is 5.32 Å². The molecule has 0 aliphatic heterocycles.